The number of rotatable bonds is 2. The zero-order chi connectivity index (χ0) is 9.84. The summed E-state index contributed by atoms with van der Waals surface area (Å²) in [5, 5.41) is 9.68. The Balaban J connectivity index is 2.95. The average molecular weight is 180 g/mol. The quantitative estimate of drug-likeness (QED) is 0.694. The highest BCUT2D eigenvalue weighted by atomic mass is 19.1. The van der Waals surface area contributed by atoms with E-state index in [1.165, 1.54) is 12.1 Å². The van der Waals surface area contributed by atoms with Gasteiger partial charge in [-0.3, -0.25) is 0 Å². The molecule has 0 aromatic heterocycles. The lowest BCUT2D eigenvalue weighted by molar-refractivity contribution is 0.215. The number of hydrogen-bond acceptors (Lipinski definition) is 1. The predicted molar refractivity (Wildman–Crippen MR) is 50.8 cm³/mol. The molecule has 1 nitrogen and oxygen atoms in total. The average Bonchev–Trinajstić information content (AvgIpc) is 2.15. The van der Waals surface area contributed by atoms with Gasteiger partial charge in [0.25, 0.3) is 0 Å². The fourth-order valence-corrected chi connectivity index (χ4v) is 1.10. The molecule has 0 saturated heterocycles. The molecule has 0 saturated carbocycles. The van der Waals surface area contributed by atoms with Crippen LogP contribution in [0, 0.1) is 5.82 Å². The van der Waals surface area contributed by atoms with E-state index in [1.54, 1.807) is 12.1 Å². The molecule has 0 spiro atoms. The summed E-state index contributed by atoms with van der Waals surface area (Å²) in [7, 11) is 0. The third kappa shape index (κ3) is 2.39. The minimum absolute atomic E-state index is 0.319. The van der Waals surface area contributed by atoms with Gasteiger partial charge in [0.05, 0.1) is 6.10 Å². The molecule has 0 bridgehead atoms. The van der Waals surface area contributed by atoms with Crippen LogP contribution in [0.2, 0.25) is 0 Å². The lowest BCUT2D eigenvalue weighted by atomic mass is 10.0. The van der Waals surface area contributed by atoms with Gasteiger partial charge in [0.1, 0.15) is 5.82 Å². The van der Waals surface area contributed by atoms with Crippen LogP contribution < -0.4 is 0 Å². The standard InChI is InChI=1S/C11H13FO/c1-3-8(2)11(13)9-5-4-6-10(12)7-9/h3-7,11,13H,1-2H3/b8-3-. The zero-order valence-electron chi connectivity index (χ0n) is 7.79. The van der Waals surface area contributed by atoms with Gasteiger partial charge in [0, 0.05) is 0 Å². The van der Waals surface area contributed by atoms with E-state index in [2.05, 4.69) is 0 Å². The molecule has 1 atom stereocenters. The van der Waals surface area contributed by atoms with Crippen LogP contribution in [0.5, 0.6) is 0 Å². The normalized spacial score (nSPS) is 14.3. The van der Waals surface area contributed by atoms with E-state index in [4.69, 9.17) is 0 Å². The summed E-state index contributed by atoms with van der Waals surface area (Å²) in [5.41, 5.74) is 1.42. The van der Waals surface area contributed by atoms with Gasteiger partial charge in [-0.05, 0) is 37.1 Å². The van der Waals surface area contributed by atoms with Crippen LogP contribution in [0.3, 0.4) is 0 Å². The van der Waals surface area contributed by atoms with E-state index in [1.807, 2.05) is 19.9 Å². The van der Waals surface area contributed by atoms with Gasteiger partial charge in [-0.1, -0.05) is 18.2 Å². The molecule has 0 heterocycles. The molecule has 13 heavy (non-hydrogen) atoms. The van der Waals surface area contributed by atoms with E-state index >= 15 is 0 Å². The molecule has 1 rings (SSSR count). The van der Waals surface area contributed by atoms with E-state index in [9.17, 15) is 9.50 Å². The largest absolute Gasteiger partial charge is 0.384 e. The van der Waals surface area contributed by atoms with Crippen molar-refractivity contribution >= 4 is 0 Å². The molecule has 0 amide bonds. The zero-order valence-corrected chi connectivity index (χ0v) is 7.79. The molecule has 1 aromatic rings. The first kappa shape index (κ1) is 9.93. The van der Waals surface area contributed by atoms with Gasteiger partial charge in [-0.15, -0.1) is 0 Å². The number of allylic oxidation sites excluding steroid dienone is 1. The highest BCUT2D eigenvalue weighted by molar-refractivity contribution is 5.25. The Labute approximate surface area is 77.5 Å². The second-order valence-corrected chi connectivity index (χ2v) is 2.99. The Morgan fingerprint density at radius 2 is 2.23 bits per heavy atom. The summed E-state index contributed by atoms with van der Waals surface area (Å²) in [6.45, 7) is 3.66. The first-order valence-electron chi connectivity index (χ1n) is 4.21. The van der Waals surface area contributed by atoms with Crippen molar-refractivity contribution in [3.05, 3.63) is 47.3 Å². The Hall–Kier alpha value is -1.15. The minimum Gasteiger partial charge on any atom is -0.384 e. The highest BCUT2D eigenvalue weighted by Gasteiger charge is 2.08. The predicted octanol–water partition coefficient (Wildman–Crippen LogP) is 2.83. The molecule has 0 aliphatic carbocycles. The summed E-state index contributed by atoms with van der Waals surface area (Å²) < 4.78 is 12.8. The molecule has 2 heteroatoms. The maximum Gasteiger partial charge on any atom is 0.123 e. The van der Waals surface area contributed by atoms with E-state index in [-0.39, 0.29) is 5.82 Å². The fraction of sp³-hybridized carbons (Fsp3) is 0.273. The molecule has 1 N–H and O–H groups in total. The molecule has 1 aromatic carbocycles. The lowest BCUT2D eigenvalue weighted by Gasteiger charge is -2.10. The Bertz CT molecular complexity index is 318. The second-order valence-electron chi connectivity index (χ2n) is 2.99. The van der Waals surface area contributed by atoms with Crippen molar-refractivity contribution < 1.29 is 9.50 Å². The number of halogens is 1. The number of benzene rings is 1. The van der Waals surface area contributed by atoms with Crippen LogP contribution in [-0.4, -0.2) is 5.11 Å². The van der Waals surface area contributed by atoms with Crippen LogP contribution in [-0.2, 0) is 0 Å². The third-order valence-corrected chi connectivity index (χ3v) is 2.05. The van der Waals surface area contributed by atoms with Gasteiger partial charge < -0.3 is 5.11 Å². The van der Waals surface area contributed by atoms with Crippen LogP contribution in [0.25, 0.3) is 0 Å². The molecular formula is C11H13FO. The summed E-state index contributed by atoms with van der Waals surface area (Å²) in [6.07, 6.45) is 1.12. The van der Waals surface area contributed by atoms with Crippen molar-refractivity contribution in [1.29, 1.82) is 0 Å². The summed E-state index contributed by atoms with van der Waals surface area (Å²) in [6, 6.07) is 6.01. The van der Waals surface area contributed by atoms with Gasteiger partial charge >= 0.3 is 0 Å². The Morgan fingerprint density at radius 1 is 1.54 bits per heavy atom. The van der Waals surface area contributed by atoms with Gasteiger partial charge in [-0.2, -0.15) is 0 Å². The van der Waals surface area contributed by atoms with Gasteiger partial charge in [-0.25, -0.2) is 4.39 Å². The molecule has 1 unspecified atom stereocenters. The molecule has 0 radical (unpaired) electrons. The Kier molecular flexibility index (Phi) is 3.20. The van der Waals surface area contributed by atoms with E-state index in [0.717, 1.165) is 5.57 Å². The van der Waals surface area contributed by atoms with E-state index < -0.39 is 6.10 Å². The van der Waals surface area contributed by atoms with E-state index in [0.29, 0.717) is 5.56 Å². The first-order valence-corrected chi connectivity index (χ1v) is 4.21. The van der Waals surface area contributed by atoms with Crippen molar-refractivity contribution in [3.63, 3.8) is 0 Å². The van der Waals surface area contributed by atoms with Crippen molar-refractivity contribution in [1.82, 2.24) is 0 Å². The summed E-state index contributed by atoms with van der Waals surface area (Å²) in [4.78, 5) is 0. The smallest absolute Gasteiger partial charge is 0.123 e. The van der Waals surface area contributed by atoms with Crippen molar-refractivity contribution in [2.24, 2.45) is 0 Å². The molecule has 0 aliphatic rings. The van der Waals surface area contributed by atoms with Crippen molar-refractivity contribution in [3.8, 4) is 0 Å². The van der Waals surface area contributed by atoms with Crippen LogP contribution in [0.1, 0.15) is 25.5 Å². The minimum atomic E-state index is -0.694. The van der Waals surface area contributed by atoms with Crippen LogP contribution >= 0.6 is 0 Å². The fourth-order valence-electron chi connectivity index (χ4n) is 1.10. The molecule has 0 aliphatic heterocycles. The van der Waals surface area contributed by atoms with Gasteiger partial charge in [0.15, 0.2) is 0 Å². The van der Waals surface area contributed by atoms with Gasteiger partial charge in [0.2, 0.25) is 0 Å². The Morgan fingerprint density at radius 3 is 2.77 bits per heavy atom. The van der Waals surface area contributed by atoms with Crippen LogP contribution in [0.4, 0.5) is 4.39 Å². The first-order chi connectivity index (χ1) is 6.15. The number of aliphatic hydroxyl groups is 1. The monoisotopic (exact) mass is 180 g/mol. The maximum atomic E-state index is 12.8. The molecule has 0 fully saturated rings. The number of aliphatic hydroxyl groups excluding tert-OH is 1. The summed E-state index contributed by atoms with van der Waals surface area (Å²) in [5.74, 6) is -0.319. The number of hydrogen-bond donors (Lipinski definition) is 1. The maximum absolute atomic E-state index is 12.8. The van der Waals surface area contributed by atoms with Crippen molar-refractivity contribution in [2.45, 2.75) is 20.0 Å². The SMILES string of the molecule is C/C=C(/C)C(O)c1cccc(F)c1. The molecular weight excluding hydrogens is 167 g/mol. The second kappa shape index (κ2) is 4.19. The third-order valence-electron chi connectivity index (χ3n) is 2.05. The van der Waals surface area contributed by atoms with Crippen molar-refractivity contribution in [2.75, 3.05) is 0 Å². The lowest BCUT2D eigenvalue weighted by Crippen LogP contribution is -1.98. The van der Waals surface area contributed by atoms with Crippen LogP contribution in [0.15, 0.2) is 35.9 Å². The highest BCUT2D eigenvalue weighted by Crippen LogP contribution is 2.21. The summed E-state index contributed by atoms with van der Waals surface area (Å²) >= 11 is 0. The topological polar surface area (TPSA) is 20.2 Å². The molecule has 70 valence electrons.